The van der Waals surface area contributed by atoms with Crippen LogP contribution in [0.4, 0.5) is 8.78 Å². The first kappa shape index (κ1) is 19.2. The second-order valence-corrected chi connectivity index (χ2v) is 6.81. The van der Waals surface area contributed by atoms with Crippen molar-refractivity contribution in [1.82, 2.24) is 29.7 Å². The molecule has 7 nitrogen and oxygen atoms in total. The third-order valence-electron chi connectivity index (χ3n) is 4.01. The van der Waals surface area contributed by atoms with Gasteiger partial charge in [-0.3, -0.25) is 9.48 Å². The van der Waals surface area contributed by atoms with Gasteiger partial charge >= 0.3 is 5.38 Å². The highest BCUT2D eigenvalue weighted by Gasteiger charge is 2.32. The van der Waals surface area contributed by atoms with Gasteiger partial charge in [-0.15, -0.1) is 0 Å². The van der Waals surface area contributed by atoms with Crippen molar-refractivity contribution in [2.24, 2.45) is 0 Å². The van der Waals surface area contributed by atoms with Gasteiger partial charge in [0.25, 0.3) is 5.91 Å². The Morgan fingerprint density at radius 2 is 1.93 bits per heavy atom. The average Bonchev–Trinajstić information content (AvgIpc) is 3.12. The Kier molecular flexibility index (Phi) is 5.14. The Morgan fingerprint density at radius 3 is 2.56 bits per heavy atom. The lowest BCUT2D eigenvalue weighted by atomic mass is 10.3. The fourth-order valence-corrected chi connectivity index (χ4v) is 2.97. The van der Waals surface area contributed by atoms with Crippen LogP contribution in [0.5, 0.6) is 0 Å². The maximum absolute atomic E-state index is 13.6. The van der Waals surface area contributed by atoms with E-state index in [9.17, 15) is 13.6 Å². The number of rotatable bonds is 6. The maximum atomic E-state index is 13.6. The molecule has 0 fully saturated rings. The minimum absolute atomic E-state index is 0.00128. The van der Waals surface area contributed by atoms with Crippen LogP contribution in [-0.2, 0) is 11.9 Å². The number of nitrogens with one attached hydrogen (secondary N) is 1. The van der Waals surface area contributed by atoms with E-state index in [1.165, 1.54) is 6.07 Å². The zero-order valence-corrected chi connectivity index (χ0v) is 15.9. The van der Waals surface area contributed by atoms with Gasteiger partial charge in [-0.2, -0.15) is 19.0 Å². The topological polar surface area (TPSA) is 77.1 Å². The van der Waals surface area contributed by atoms with Crippen molar-refractivity contribution >= 4 is 23.2 Å². The summed E-state index contributed by atoms with van der Waals surface area (Å²) in [5.74, 6) is -0.463. The number of halogens is 3. The maximum Gasteiger partial charge on any atom is 0.364 e. The van der Waals surface area contributed by atoms with E-state index in [2.05, 4.69) is 20.5 Å². The van der Waals surface area contributed by atoms with Crippen molar-refractivity contribution in [2.75, 3.05) is 6.54 Å². The van der Waals surface area contributed by atoms with E-state index in [0.29, 0.717) is 25.2 Å². The lowest BCUT2D eigenvalue weighted by Crippen LogP contribution is -2.26. The number of carbonyl (C=O) groups excluding carboxylic acids is 1. The Hall–Kier alpha value is -2.55. The van der Waals surface area contributed by atoms with Crippen molar-refractivity contribution in [3.05, 3.63) is 46.7 Å². The van der Waals surface area contributed by atoms with E-state index >= 15 is 0 Å². The molecule has 0 radical (unpaired) electrons. The molecule has 10 heteroatoms. The highest BCUT2D eigenvalue weighted by atomic mass is 35.5. The number of hydrogen-bond acceptors (Lipinski definition) is 4. The SMILES string of the molecule is Cc1cc(C(F)(F)Cl)n2nc(C(=O)NCCCn3nc(C)cc3C)cc2n1. The van der Waals surface area contributed by atoms with Gasteiger partial charge in [0.2, 0.25) is 0 Å². The molecule has 27 heavy (non-hydrogen) atoms. The lowest BCUT2D eigenvalue weighted by molar-refractivity contribution is 0.0864. The normalized spacial score (nSPS) is 11.9. The van der Waals surface area contributed by atoms with Gasteiger partial charge in [0.15, 0.2) is 11.3 Å². The molecule has 3 aromatic rings. The van der Waals surface area contributed by atoms with E-state index in [1.807, 2.05) is 24.6 Å². The molecule has 1 amide bonds. The molecule has 0 atom stereocenters. The van der Waals surface area contributed by atoms with Gasteiger partial charge in [0, 0.05) is 30.5 Å². The molecular formula is C17H19ClF2N6O. The van der Waals surface area contributed by atoms with E-state index in [1.54, 1.807) is 6.92 Å². The summed E-state index contributed by atoms with van der Waals surface area (Å²) >= 11 is 5.14. The van der Waals surface area contributed by atoms with Gasteiger partial charge < -0.3 is 5.32 Å². The summed E-state index contributed by atoms with van der Waals surface area (Å²) < 4.78 is 29.9. The summed E-state index contributed by atoms with van der Waals surface area (Å²) in [7, 11) is 0. The van der Waals surface area contributed by atoms with Crippen LogP contribution in [0.25, 0.3) is 5.65 Å². The summed E-state index contributed by atoms with van der Waals surface area (Å²) in [5, 5.41) is 7.39. The van der Waals surface area contributed by atoms with Crippen molar-refractivity contribution in [1.29, 1.82) is 0 Å². The van der Waals surface area contributed by atoms with Crippen molar-refractivity contribution in [3.8, 4) is 0 Å². The molecule has 0 aliphatic carbocycles. The van der Waals surface area contributed by atoms with E-state index in [4.69, 9.17) is 11.6 Å². The number of aryl methyl sites for hydroxylation is 4. The molecule has 0 aromatic carbocycles. The molecule has 3 heterocycles. The quantitative estimate of drug-likeness (QED) is 0.513. The molecule has 0 aliphatic rings. The molecule has 3 aromatic heterocycles. The van der Waals surface area contributed by atoms with Crippen molar-refractivity contribution < 1.29 is 13.6 Å². The number of fused-ring (bicyclic) bond motifs is 1. The van der Waals surface area contributed by atoms with Gasteiger partial charge in [0.1, 0.15) is 5.69 Å². The predicted octanol–water partition coefficient (Wildman–Crippen LogP) is 2.96. The first-order valence-electron chi connectivity index (χ1n) is 8.39. The standard InChI is InChI=1S/C17H19ClF2N6O/c1-10-8-14(17(18,19)20)26-15(22-10)9-13(24-26)16(27)21-5-4-6-25-12(3)7-11(2)23-25/h7-9H,4-6H2,1-3H3,(H,21,27). The van der Waals surface area contributed by atoms with Gasteiger partial charge in [0.05, 0.1) is 5.69 Å². The second-order valence-electron chi connectivity index (χ2n) is 6.34. The molecule has 144 valence electrons. The highest BCUT2D eigenvalue weighted by Crippen LogP contribution is 2.32. The minimum atomic E-state index is -3.62. The zero-order valence-electron chi connectivity index (χ0n) is 15.1. The van der Waals surface area contributed by atoms with Crippen LogP contribution in [0.15, 0.2) is 18.2 Å². The summed E-state index contributed by atoms with van der Waals surface area (Å²) in [6, 6.07) is 4.48. The third-order valence-corrected chi connectivity index (χ3v) is 4.21. The first-order chi connectivity index (χ1) is 12.6. The second kappa shape index (κ2) is 7.22. The van der Waals surface area contributed by atoms with Crippen molar-refractivity contribution in [3.63, 3.8) is 0 Å². The van der Waals surface area contributed by atoms with Crippen LogP contribution in [0.3, 0.4) is 0 Å². The number of carbonyl (C=O) groups is 1. The summed E-state index contributed by atoms with van der Waals surface area (Å²) in [4.78, 5) is 16.4. The predicted molar refractivity (Wildman–Crippen MR) is 96.1 cm³/mol. The number of aromatic nitrogens is 5. The number of amides is 1. The number of alkyl halides is 3. The fourth-order valence-electron chi connectivity index (χ4n) is 2.84. The molecule has 0 bridgehead atoms. The number of hydrogen-bond donors (Lipinski definition) is 1. The minimum Gasteiger partial charge on any atom is -0.351 e. The Bertz CT molecular complexity index is 991. The van der Waals surface area contributed by atoms with Crippen LogP contribution in [0.2, 0.25) is 0 Å². The van der Waals surface area contributed by atoms with Crippen LogP contribution in [0.1, 0.15) is 39.7 Å². The average molecular weight is 397 g/mol. The lowest BCUT2D eigenvalue weighted by Gasteiger charge is -2.10. The molecule has 0 saturated heterocycles. The van der Waals surface area contributed by atoms with Crippen LogP contribution < -0.4 is 5.32 Å². The molecule has 0 saturated carbocycles. The molecular weight excluding hydrogens is 378 g/mol. The molecule has 1 N–H and O–H groups in total. The van der Waals surface area contributed by atoms with Gasteiger partial charge in [-0.25, -0.2) is 9.50 Å². The molecule has 0 unspecified atom stereocenters. The monoisotopic (exact) mass is 396 g/mol. The summed E-state index contributed by atoms with van der Waals surface area (Å²) in [5.41, 5.74) is 1.95. The number of nitrogens with zero attached hydrogens (tertiary/aromatic N) is 5. The highest BCUT2D eigenvalue weighted by molar-refractivity contribution is 6.21. The summed E-state index contributed by atoms with van der Waals surface area (Å²) in [6.07, 6.45) is 0.670. The fraction of sp³-hybridized carbons (Fsp3) is 0.412. The van der Waals surface area contributed by atoms with Crippen LogP contribution in [0, 0.1) is 20.8 Å². The zero-order chi connectivity index (χ0) is 19.8. The molecule has 0 aliphatic heterocycles. The Balaban J connectivity index is 1.68. The molecule has 0 spiro atoms. The largest absolute Gasteiger partial charge is 0.364 e. The summed E-state index contributed by atoms with van der Waals surface area (Å²) in [6.45, 7) is 6.51. The van der Waals surface area contributed by atoms with Crippen LogP contribution in [-0.4, -0.2) is 36.8 Å². The first-order valence-corrected chi connectivity index (χ1v) is 8.77. The van der Waals surface area contributed by atoms with E-state index in [0.717, 1.165) is 22.0 Å². The van der Waals surface area contributed by atoms with Gasteiger partial charge in [-0.1, -0.05) is 0 Å². The molecule has 3 rings (SSSR count). The van der Waals surface area contributed by atoms with Crippen LogP contribution >= 0.6 is 11.6 Å². The smallest absolute Gasteiger partial charge is 0.351 e. The Labute approximate surface area is 159 Å². The Morgan fingerprint density at radius 1 is 1.19 bits per heavy atom. The van der Waals surface area contributed by atoms with E-state index in [-0.39, 0.29) is 11.3 Å². The third kappa shape index (κ3) is 4.24. The van der Waals surface area contributed by atoms with Gasteiger partial charge in [-0.05, 0) is 50.9 Å². The van der Waals surface area contributed by atoms with Crippen molar-refractivity contribution in [2.45, 2.75) is 39.1 Å². The van der Waals surface area contributed by atoms with E-state index < -0.39 is 17.0 Å².